The van der Waals surface area contributed by atoms with Crippen molar-refractivity contribution >= 4 is 39.5 Å². The van der Waals surface area contributed by atoms with Crippen molar-refractivity contribution in [2.24, 2.45) is 0 Å². The summed E-state index contributed by atoms with van der Waals surface area (Å²) in [6.07, 6.45) is 20.8. The smallest absolute Gasteiger partial charge is 0.0640 e. The van der Waals surface area contributed by atoms with Crippen molar-refractivity contribution < 1.29 is 0 Å². The van der Waals surface area contributed by atoms with Crippen LogP contribution >= 0.6 is 0 Å². The lowest BCUT2D eigenvalue weighted by Gasteiger charge is -2.35. The molecular weight excluding hydrogens is 484 g/mol. The van der Waals surface area contributed by atoms with Crippen molar-refractivity contribution in [3.63, 3.8) is 0 Å². The number of allylic oxidation sites excluding steroid dienone is 6. The first-order chi connectivity index (χ1) is 19.6. The van der Waals surface area contributed by atoms with Crippen molar-refractivity contribution in [3.05, 3.63) is 131 Å². The van der Waals surface area contributed by atoms with Crippen LogP contribution in [0.1, 0.15) is 67.1 Å². The number of hydrogen-bond donors (Lipinski definition) is 0. The van der Waals surface area contributed by atoms with Crippen LogP contribution in [0.5, 0.6) is 0 Å². The largest absolute Gasteiger partial charge is 0.334 e. The van der Waals surface area contributed by atoms with Gasteiger partial charge in [0.1, 0.15) is 0 Å². The molecule has 3 aromatic carbocycles. The summed E-state index contributed by atoms with van der Waals surface area (Å²) in [5.41, 5.74) is 12.1. The zero-order chi connectivity index (χ0) is 26.8. The first kappa shape index (κ1) is 23.6. The van der Waals surface area contributed by atoms with Crippen LogP contribution in [0.15, 0.2) is 103 Å². The topological polar surface area (TPSA) is 9.86 Å². The molecule has 2 unspecified atom stereocenters. The van der Waals surface area contributed by atoms with E-state index >= 15 is 0 Å². The summed E-state index contributed by atoms with van der Waals surface area (Å²) in [5, 5.41) is 2.75. The molecule has 0 saturated heterocycles. The van der Waals surface area contributed by atoms with Gasteiger partial charge in [0, 0.05) is 44.8 Å². The number of aromatic nitrogens is 2. The van der Waals surface area contributed by atoms with E-state index in [1.165, 1.54) is 61.1 Å². The third-order valence-corrected chi connectivity index (χ3v) is 9.38. The molecule has 0 bridgehead atoms. The number of fused-ring (bicyclic) bond motifs is 6. The highest BCUT2D eigenvalue weighted by molar-refractivity contribution is 5.93. The molecular formula is C38H34N2. The van der Waals surface area contributed by atoms with Crippen molar-refractivity contribution in [1.29, 1.82) is 0 Å². The predicted octanol–water partition coefficient (Wildman–Crippen LogP) is 9.82. The summed E-state index contributed by atoms with van der Waals surface area (Å²) in [6.45, 7) is 4.77. The zero-order valence-electron chi connectivity index (χ0n) is 23.3. The highest BCUT2D eigenvalue weighted by atomic mass is 15.1. The molecule has 196 valence electrons. The summed E-state index contributed by atoms with van der Waals surface area (Å²) in [6, 6.07) is 26.9. The Bertz CT molecular complexity index is 1920. The van der Waals surface area contributed by atoms with E-state index in [0.717, 1.165) is 25.7 Å². The van der Waals surface area contributed by atoms with Crippen molar-refractivity contribution in [2.45, 2.75) is 51.0 Å². The van der Waals surface area contributed by atoms with E-state index < -0.39 is 0 Å². The van der Waals surface area contributed by atoms with Crippen molar-refractivity contribution in [3.8, 4) is 5.69 Å². The Labute approximate surface area is 236 Å². The second-order valence-corrected chi connectivity index (χ2v) is 11.9. The maximum atomic E-state index is 2.63. The maximum Gasteiger partial charge on any atom is 0.0640 e. The normalized spacial score (nSPS) is 21.6. The van der Waals surface area contributed by atoms with E-state index in [4.69, 9.17) is 0 Å². The first-order valence-corrected chi connectivity index (χ1v) is 14.7. The van der Waals surface area contributed by atoms with E-state index in [0.29, 0.717) is 5.92 Å². The molecule has 0 aliphatic heterocycles. The first-order valence-electron chi connectivity index (χ1n) is 14.7. The number of aryl methyl sites for hydroxylation is 1. The van der Waals surface area contributed by atoms with Crippen LogP contribution in [0.2, 0.25) is 0 Å². The van der Waals surface area contributed by atoms with E-state index in [2.05, 4.69) is 138 Å². The van der Waals surface area contributed by atoms with E-state index in [-0.39, 0.29) is 5.54 Å². The summed E-state index contributed by atoms with van der Waals surface area (Å²) in [7, 11) is 0. The SMILES string of the molecule is CC1CC=Cc2c1n(C1(C)C=CC(c3ccc(-n4c5c(c6ccccc64)CCC=C5)cc3)=CC1)c1ccccc21. The Balaban J connectivity index is 1.15. The maximum absolute atomic E-state index is 2.63. The van der Waals surface area contributed by atoms with Crippen LogP contribution in [0, 0.1) is 0 Å². The molecule has 3 aliphatic rings. The molecule has 0 amide bonds. The van der Waals surface area contributed by atoms with Crippen LogP contribution in [-0.4, -0.2) is 9.13 Å². The van der Waals surface area contributed by atoms with Crippen LogP contribution in [0.4, 0.5) is 0 Å². The van der Waals surface area contributed by atoms with Crippen molar-refractivity contribution in [1.82, 2.24) is 9.13 Å². The summed E-state index contributed by atoms with van der Waals surface area (Å²) in [5.74, 6) is 0.515. The molecule has 0 radical (unpaired) electrons. The number of hydrogen-bond acceptors (Lipinski definition) is 0. The van der Waals surface area contributed by atoms with Gasteiger partial charge in [-0.05, 0) is 79.6 Å². The number of rotatable bonds is 3. The molecule has 2 heteroatoms. The molecule has 0 N–H and O–H groups in total. The molecule has 3 aliphatic carbocycles. The molecule has 2 heterocycles. The molecule has 2 atom stereocenters. The van der Waals surface area contributed by atoms with Gasteiger partial charge >= 0.3 is 0 Å². The molecule has 40 heavy (non-hydrogen) atoms. The van der Waals surface area contributed by atoms with E-state index in [9.17, 15) is 0 Å². The standard InChI is InChI=1S/C38H34N2/c1-26-10-9-14-33-32-13-5-8-17-36(32)40(37(26)33)38(2)24-22-28(23-25-38)27-18-20-29(21-19-27)39-34-15-6-3-11-30(34)31-12-4-7-16-35(31)39/h3,5-9,11,13-24,26H,4,10,12,25H2,1-2H3. The average Bonchev–Trinajstić information content (AvgIpc) is 3.53. The Morgan fingerprint density at radius 3 is 2.38 bits per heavy atom. The van der Waals surface area contributed by atoms with Gasteiger partial charge < -0.3 is 9.13 Å². The number of benzene rings is 3. The van der Waals surface area contributed by atoms with Gasteiger partial charge in [0.15, 0.2) is 0 Å². The molecule has 0 saturated carbocycles. The monoisotopic (exact) mass is 518 g/mol. The van der Waals surface area contributed by atoms with Gasteiger partial charge in [-0.2, -0.15) is 0 Å². The van der Waals surface area contributed by atoms with E-state index in [1.807, 2.05) is 0 Å². The third kappa shape index (κ3) is 3.42. The fraction of sp³-hybridized carbons (Fsp3) is 0.211. The summed E-state index contributed by atoms with van der Waals surface area (Å²) < 4.78 is 5.06. The quantitative estimate of drug-likeness (QED) is 0.225. The molecule has 0 fully saturated rings. The van der Waals surface area contributed by atoms with Crippen LogP contribution in [0.3, 0.4) is 0 Å². The average molecular weight is 519 g/mol. The minimum absolute atomic E-state index is 0.0917. The van der Waals surface area contributed by atoms with Gasteiger partial charge in [-0.1, -0.05) is 91.9 Å². The highest BCUT2D eigenvalue weighted by Gasteiger charge is 2.33. The Morgan fingerprint density at radius 2 is 1.57 bits per heavy atom. The lowest BCUT2D eigenvalue weighted by atomic mass is 9.86. The second kappa shape index (κ2) is 8.86. The predicted molar refractivity (Wildman–Crippen MR) is 170 cm³/mol. The van der Waals surface area contributed by atoms with Gasteiger partial charge in [-0.25, -0.2) is 0 Å². The fourth-order valence-corrected chi connectivity index (χ4v) is 7.37. The number of para-hydroxylation sites is 2. The van der Waals surface area contributed by atoms with Crippen LogP contribution < -0.4 is 0 Å². The number of nitrogens with zero attached hydrogens (tertiary/aromatic N) is 2. The fourth-order valence-electron chi connectivity index (χ4n) is 7.37. The molecule has 8 rings (SSSR count). The molecule has 2 aromatic heterocycles. The van der Waals surface area contributed by atoms with Crippen molar-refractivity contribution in [2.75, 3.05) is 0 Å². The van der Waals surface area contributed by atoms with Gasteiger partial charge in [0.25, 0.3) is 0 Å². The molecule has 2 nitrogen and oxygen atoms in total. The molecule has 5 aromatic rings. The summed E-state index contributed by atoms with van der Waals surface area (Å²) in [4.78, 5) is 0. The van der Waals surface area contributed by atoms with Gasteiger partial charge in [0.05, 0.1) is 11.1 Å². The summed E-state index contributed by atoms with van der Waals surface area (Å²) >= 11 is 0. The zero-order valence-corrected chi connectivity index (χ0v) is 23.3. The molecule has 0 spiro atoms. The van der Waals surface area contributed by atoms with Gasteiger partial charge in [-0.15, -0.1) is 0 Å². The lowest BCUT2D eigenvalue weighted by Crippen LogP contribution is -2.31. The van der Waals surface area contributed by atoms with Crippen LogP contribution in [0.25, 0.3) is 45.2 Å². The highest BCUT2D eigenvalue weighted by Crippen LogP contribution is 2.44. The second-order valence-electron chi connectivity index (χ2n) is 11.9. The lowest BCUT2D eigenvalue weighted by molar-refractivity contribution is 0.404. The Hall–Kier alpha value is -4.30. The van der Waals surface area contributed by atoms with Gasteiger partial charge in [0.2, 0.25) is 0 Å². The van der Waals surface area contributed by atoms with Gasteiger partial charge in [-0.3, -0.25) is 0 Å². The minimum atomic E-state index is -0.0917. The third-order valence-electron chi connectivity index (χ3n) is 9.38. The Morgan fingerprint density at radius 1 is 0.800 bits per heavy atom. The van der Waals surface area contributed by atoms with Crippen LogP contribution in [-0.2, 0) is 12.0 Å². The minimum Gasteiger partial charge on any atom is -0.334 e. The Kier molecular flexibility index (Phi) is 5.22. The van der Waals surface area contributed by atoms with E-state index in [1.54, 1.807) is 0 Å².